The standard InChI is InChI=1S/C20H20ClNO2/c21-16-7-5-14(6-8-16)18-9-10-22-12-20(18)23-13-17-11-15-3-1-2-4-19(15)24-17/h1-8,11,18,20,22H,9-10,12-13H2/t18-,20+/m1/s1. The van der Waals surface area contributed by atoms with E-state index in [9.17, 15) is 0 Å². The van der Waals surface area contributed by atoms with Gasteiger partial charge in [-0.15, -0.1) is 0 Å². The van der Waals surface area contributed by atoms with E-state index in [1.54, 1.807) is 0 Å². The molecular weight excluding hydrogens is 322 g/mol. The summed E-state index contributed by atoms with van der Waals surface area (Å²) >= 11 is 6.01. The summed E-state index contributed by atoms with van der Waals surface area (Å²) in [6.45, 7) is 2.36. The van der Waals surface area contributed by atoms with Crippen molar-refractivity contribution in [2.24, 2.45) is 0 Å². The molecule has 0 spiro atoms. The molecular formula is C20H20ClNO2. The van der Waals surface area contributed by atoms with Gasteiger partial charge in [0, 0.05) is 22.9 Å². The molecule has 4 heteroatoms. The first-order chi connectivity index (χ1) is 11.8. The lowest BCUT2D eigenvalue weighted by atomic mass is 9.88. The SMILES string of the molecule is Clc1ccc([C@H]2CCNC[C@@H]2OCc2cc3ccccc3o2)cc1. The molecule has 0 aliphatic carbocycles. The molecule has 0 unspecified atom stereocenters. The molecule has 1 N–H and O–H groups in total. The van der Waals surface area contributed by atoms with Gasteiger partial charge < -0.3 is 14.5 Å². The van der Waals surface area contributed by atoms with Crippen LogP contribution in [0.25, 0.3) is 11.0 Å². The lowest BCUT2D eigenvalue weighted by molar-refractivity contribution is 0.00346. The highest BCUT2D eigenvalue weighted by atomic mass is 35.5. The summed E-state index contributed by atoms with van der Waals surface area (Å²) in [4.78, 5) is 0. The average Bonchev–Trinajstić information content (AvgIpc) is 3.04. The van der Waals surface area contributed by atoms with Gasteiger partial charge in [0.2, 0.25) is 0 Å². The summed E-state index contributed by atoms with van der Waals surface area (Å²) in [5.74, 6) is 1.25. The quantitative estimate of drug-likeness (QED) is 0.743. The fraction of sp³-hybridized carbons (Fsp3) is 0.300. The molecule has 124 valence electrons. The van der Waals surface area contributed by atoms with Gasteiger partial charge in [-0.3, -0.25) is 0 Å². The van der Waals surface area contributed by atoms with Gasteiger partial charge in [0.1, 0.15) is 18.0 Å². The Kier molecular flexibility index (Phi) is 4.56. The largest absolute Gasteiger partial charge is 0.459 e. The van der Waals surface area contributed by atoms with E-state index >= 15 is 0 Å². The summed E-state index contributed by atoms with van der Waals surface area (Å²) in [5, 5.41) is 5.32. The minimum absolute atomic E-state index is 0.133. The van der Waals surface area contributed by atoms with Crippen molar-refractivity contribution in [1.29, 1.82) is 0 Å². The molecule has 1 aromatic heterocycles. The van der Waals surface area contributed by atoms with E-state index in [-0.39, 0.29) is 6.10 Å². The van der Waals surface area contributed by atoms with Crippen LogP contribution in [0.4, 0.5) is 0 Å². The summed E-state index contributed by atoms with van der Waals surface area (Å²) in [5.41, 5.74) is 2.20. The van der Waals surface area contributed by atoms with Crippen molar-refractivity contribution in [2.75, 3.05) is 13.1 Å². The number of furan rings is 1. The topological polar surface area (TPSA) is 34.4 Å². The summed E-state index contributed by atoms with van der Waals surface area (Å²) in [7, 11) is 0. The number of nitrogens with one attached hydrogen (secondary N) is 1. The molecule has 0 amide bonds. The van der Waals surface area contributed by atoms with Gasteiger partial charge in [0.25, 0.3) is 0 Å². The van der Waals surface area contributed by atoms with Crippen LogP contribution < -0.4 is 5.32 Å². The number of ether oxygens (including phenoxy) is 1. The van der Waals surface area contributed by atoms with Crippen LogP contribution in [0.3, 0.4) is 0 Å². The zero-order valence-electron chi connectivity index (χ0n) is 13.4. The Labute approximate surface area is 146 Å². The first kappa shape index (κ1) is 15.7. The van der Waals surface area contributed by atoms with Gasteiger partial charge in [-0.2, -0.15) is 0 Å². The van der Waals surface area contributed by atoms with Crippen LogP contribution in [0.1, 0.15) is 23.7 Å². The Bertz CT molecular complexity index is 779. The fourth-order valence-electron chi connectivity index (χ4n) is 3.39. The Balaban J connectivity index is 1.47. The van der Waals surface area contributed by atoms with Gasteiger partial charge in [-0.05, 0) is 42.8 Å². The maximum atomic E-state index is 6.21. The van der Waals surface area contributed by atoms with Gasteiger partial charge in [0.15, 0.2) is 0 Å². The van der Waals surface area contributed by atoms with Crippen LogP contribution in [0.5, 0.6) is 0 Å². The molecule has 1 saturated heterocycles. The number of piperidine rings is 1. The third-order valence-corrected chi connectivity index (χ3v) is 4.89. The minimum atomic E-state index is 0.133. The second kappa shape index (κ2) is 6.98. The van der Waals surface area contributed by atoms with Crippen LogP contribution in [0, 0.1) is 0 Å². The zero-order chi connectivity index (χ0) is 16.4. The molecule has 24 heavy (non-hydrogen) atoms. The van der Waals surface area contributed by atoms with E-state index in [0.29, 0.717) is 12.5 Å². The maximum Gasteiger partial charge on any atom is 0.134 e. The smallest absolute Gasteiger partial charge is 0.134 e. The number of hydrogen-bond acceptors (Lipinski definition) is 3. The van der Waals surface area contributed by atoms with Crippen molar-refractivity contribution < 1.29 is 9.15 Å². The molecule has 1 aliphatic rings. The van der Waals surface area contributed by atoms with E-state index in [0.717, 1.165) is 41.3 Å². The van der Waals surface area contributed by atoms with Crippen LogP contribution in [0.15, 0.2) is 59.0 Å². The van der Waals surface area contributed by atoms with E-state index in [2.05, 4.69) is 29.6 Å². The Morgan fingerprint density at radius 2 is 1.96 bits per heavy atom. The lowest BCUT2D eigenvalue weighted by Gasteiger charge is -2.32. The predicted molar refractivity (Wildman–Crippen MR) is 96.5 cm³/mol. The summed E-state index contributed by atoms with van der Waals surface area (Å²) in [6.07, 6.45) is 1.19. The molecule has 2 atom stereocenters. The number of halogens is 1. The highest BCUT2D eigenvalue weighted by molar-refractivity contribution is 6.30. The molecule has 1 aliphatic heterocycles. The highest BCUT2D eigenvalue weighted by Crippen LogP contribution is 2.29. The van der Waals surface area contributed by atoms with E-state index < -0.39 is 0 Å². The molecule has 0 radical (unpaired) electrons. The van der Waals surface area contributed by atoms with E-state index in [1.165, 1.54) is 5.56 Å². The molecule has 2 heterocycles. The Morgan fingerprint density at radius 3 is 2.79 bits per heavy atom. The molecule has 0 bridgehead atoms. The van der Waals surface area contributed by atoms with Crippen molar-refractivity contribution in [3.63, 3.8) is 0 Å². The monoisotopic (exact) mass is 341 g/mol. The van der Waals surface area contributed by atoms with Gasteiger partial charge >= 0.3 is 0 Å². The first-order valence-corrected chi connectivity index (χ1v) is 8.72. The Hall–Kier alpha value is -1.81. The van der Waals surface area contributed by atoms with Crippen molar-refractivity contribution in [2.45, 2.75) is 25.0 Å². The molecule has 0 saturated carbocycles. The minimum Gasteiger partial charge on any atom is -0.459 e. The van der Waals surface area contributed by atoms with Crippen LogP contribution in [0.2, 0.25) is 5.02 Å². The van der Waals surface area contributed by atoms with Gasteiger partial charge in [-0.25, -0.2) is 0 Å². The second-order valence-electron chi connectivity index (χ2n) is 6.25. The Morgan fingerprint density at radius 1 is 1.12 bits per heavy atom. The van der Waals surface area contributed by atoms with E-state index in [4.69, 9.17) is 20.8 Å². The highest BCUT2D eigenvalue weighted by Gasteiger charge is 2.27. The number of fused-ring (bicyclic) bond motifs is 1. The summed E-state index contributed by atoms with van der Waals surface area (Å²) < 4.78 is 12.1. The molecule has 3 nitrogen and oxygen atoms in total. The molecule has 2 aromatic carbocycles. The zero-order valence-corrected chi connectivity index (χ0v) is 14.1. The van der Waals surface area contributed by atoms with Crippen molar-refractivity contribution in [3.05, 3.63) is 70.9 Å². The molecule has 1 fully saturated rings. The van der Waals surface area contributed by atoms with Gasteiger partial charge in [0.05, 0.1) is 6.10 Å². The fourth-order valence-corrected chi connectivity index (χ4v) is 3.52. The number of rotatable bonds is 4. The first-order valence-electron chi connectivity index (χ1n) is 8.35. The van der Waals surface area contributed by atoms with Crippen LogP contribution in [-0.2, 0) is 11.3 Å². The maximum absolute atomic E-state index is 6.21. The third kappa shape index (κ3) is 3.34. The average molecular weight is 342 g/mol. The molecule has 3 aromatic rings. The van der Waals surface area contributed by atoms with Crippen molar-refractivity contribution in [3.8, 4) is 0 Å². The van der Waals surface area contributed by atoms with Crippen molar-refractivity contribution in [1.82, 2.24) is 5.32 Å². The second-order valence-corrected chi connectivity index (χ2v) is 6.69. The predicted octanol–water partition coefficient (Wildman–Crippen LogP) is 4.75. The van der Waals surface area contributed by atoms with Crippen LogP contribution >= 0.6 is 11.6 Å². The van der Waals surface area contributed by atoms with Gasteiger partial charge in [-0.1, -0.05) is 41.9 Å². The molecule has 4 rings (SSSR count). The summed E-state index contributed by atoms with van der Waals surface area (Å²) in [6, 6.07) is 18.2. The van der Waals surface area contributed by atoms with E-state index in [1.807, 2.05) is 30.3 Å². The number of para-hydroxylation sites is 1. The number of benzene rings is 2. The van der Waals surface area contributed by atoms with Crippen LogP contribution in [-0.4, -0.2) is 19.2 Å². The number of hydrogen-bond donors (Lipinski definition) is 1. The lowest BCUT2D eigenvalue weighted by Crippen LogP contribution is -2.40. The normalized spacial score (nSPS) is 21.2. The third-order valence-electron chi connectivity index (χ3n) is 4.64. The van der Waals surface area contributed by atoms with Crippen molar-refractivity contribution >= 4 is 22.6 Å².